The fraction of sp³-hybridized carbons (Fsp3) is 0.0870. The molecule has 0 atom stereocenters. The second-order valence-corrected chi connectivity index (χ2v) is 7.93. The minimum atomic E-state index is -0.323. The summed E-state index contributed by atoms with van der Waals surface area (Å²) < 4.78 is 17.7. The molecule has 1 aliphatic heterocycles. The van der Waals surface area contributed by atoms with E-state index in [1.54, 1.807) is 35.0 Å². The zero-order chi connectivity index (χ0) is 22.9. The first kappa shape index (κ1) is 21.1. The normalized spacial score (nSPS) is 12.0. The molecule has 0 spiro atoms. The molecule has 4 aromatic rings. The zero-order valence-corrected chi connectivity index (χ0v) is 18.7. The van der Waals surface area contributed by atoms with Crippen molar-refractivity contribution in [1.29, 1.82) is 0 Å². The third-order valence-corrected chi connectivity index (χ3v) is 5.33. The Bertz CT molecular complexity index is 1340. The molecule has 0 bridgehead atoms. The van der Waals surface area contributed by atoms with Crippen LogP contribution >= 0.6 is 23.2 Å². The molecular formula is C23H16Cl2N4O4. The number of hydrogen-bond acceptors (Lipinski definition) is 6. The van der Waals surface area contributed by atoms with Crippen molar-refractivity contribution in [2.75, 3.05) is 19.2 Å². The van der Waals surface area contributed by atoms with Crippen LogP contribution in [0.1, 0.15) is 10.4 Å². The molecule has 0 saturated heterocycles. The number of hydrogen-bond donors (Lipinski definition) is 1. The molecule has 10 heteroatoms. The Morgan fingerprint density at radius 1 is 1.00 bits per heavy atom. The van der Waals surface area contributed by atoms with Crippen molar-refractivity contribution in [2.45, 2.75) is 0 Å². The van der Waals surface area contributed by atoms with Crippen LogP contribution in [0.5, 0.6) is 17.5 Å². The van der Waals surface area contributed by atoms with Gasteiger partial charge in [-0.3, -0.25) is 4.79 Å². The summed E-state index contributed by atoms with van der Waals surface area (Å²) in [5, 5.41) is 8.02. The minimum absolute atomic E-state index is 0.184. The summed E-state index contributed by atoms with van der Waals surface area (Å²) in [4.78, 5) is 17.0. The van der Waals surface area contributed by atoms with Gasteiger partial charge in [-0.2, -0.15) is 4.98 Å². The van der Waals surface area contributed by atoms with Crippen molar-refractivity contribution in [2.24, 2.45) is 0 Å². The Labute approximate surface area is 198 Å². The third-order valence-electron chi connectivity index (χ3n) is 4.90. The van der Waals surface area contributed by atoms with Crippen LogP contribution in [0.4, 0.5) is 5.69 Å². The lowest BCUT2D eigenvalue weighted by Crippen LogP contribution is -2.12. The van der Waals surface area contributed by atoms with Crippen molar-refractivity contribution in [3.05, 3.63) is 76.3 Å². The second-order valence-electron chi connectivity index (χ2n) is 7.06. The highest BCUT2D eigenvalue weighted by molar-refractivity contribution is 6.35. The van der Waals surface area contributed by atoms with E-state index in [4.69, 9.17) is 37.4 Å². The molecule has 8 nitrogen and oxygen atoms in total. The topological polar surface area (TPSA) is 87.5 Å². The molecule has 0 radical (unpaired) electrons. The molecular weight excluding hydrogens is 467 g/mol. The van der Waals surface area contributed by atoms with Gasteiger partial charge in [0.2, 0.25) is 6.79 Å². The number of anilines is 1. The van der Waals surface area contributed by atoms with Gasteiger partial charge in [-0.25, -0.2) is 4.68 Å². The quantitative estimate of drug-likeness (QED) is 0.418. The summed E-state index contributed by atoms with van der Waals surface area (Å²) in [5.41, 5.74) is 2.46. The zero-order valence-electron chi connectivity index (χ0n) is 17.2. The van der Waals surface area contributed by atoms with E-state index >= 15 is 0 Å². The van der Waals surface area contributed by atoms with Crippen LogP contribution in [-0.2, 0) is 0 Å². The second kappa shape index (κ2) is 8.65. The number of methoxy groups -OCH3 is 1. The number of ether oxygens (including phenoxy) is 3. The van der Waals surface area contributed by atoms with Crippen molar-refractivity contribution in [1.82, 2.24) is 14.8 Å². The minimum Gasteiger partial charge on any atom is -0.466 e. The molecule has 33 heavy (non-hydrogen) atoms. The molecule has 5 rings (SSSR count). The predicted molar refractivity (Wildman–Crippen MR) is 124 cm³/mol. The lowest BCUT2D eigenvalue weighted by Gasteiger charge is -2.09. The highest BCUT2D eigenvalue weighted by Crippen LogP contribution is 2.36. The summed E-state index contributed by atoms with van der Waals surface area (Å²) in [5.74, 6) is 1.56. The van der Waals surface area contributed by atoms with Crippen molar-refractivity contribution < 1.29 is 19.0 Å². The van der Waals surface area contributed by atoms with Crippen molar-refractivity contribution in [3.8, 4) is 34.6 Å². The van der Waals surface area contributed by atoms with Crippen LogP contribution in [0.15, 0.2) is 60.7 Å². The fourth-order valence-electron chi connectivity index (χ4n) is 3.36. The standard InChI is InChI=1S/C23H16Cl2N4O4/c1-31-23-27-21(13-2-7-19-20(10-13)33-12-32-19)29(28-23)18-5-3-17(4-6-18)26-22(30)14-8-15(24)11-16(25)9-14/h2-11H,12H2,1H3,(H,26,30). The SMILES string of the molecule is COc1nc(-c2ccc3c(c2)OCO3)n(-c2ccc(NC(=O)c3cc(Cl)cc(Cl)c3)cc2)n1. The summed E-state index contributed by atoms with van der Waals surface area (Å²) >= 11 is 12.0. The number of benzene rings is 3. The number of halogens is 2. The largest absolute Gasteiger partial charge is 0.466 e. The first-order valence-electron chi connectivity index (χ1n) is 9.79. The van der Waals surface area contributed by atoms with Gasteiger partial charge >= 0.3 is 6.01 Å². The Kier molecular flexibility index (Phi) is 5.53. The molecule has 1 aliphatic rings. The first-order chi connectivity index (χ1) is 16.0. The van der Waals surface area contributed by atoms with Crippen molar-refractivity contribution in [3.63, 3.8) is 0 Å². The lowest BCUT2D eigenvalue weighted by atomic mass is 10.2. The molecule has 1 aromatic heterocycles. The molecule has 0 fully saturated rings. The van der Waals surface area contributed by atoms with Crippen LogP contribution in [0.2, 0.25) is 10.0 Å². The van der Waals surface area contributed by atoms with E-state index in [9.17, 15) is 4.79 Å². The van der Waals surface area contributed by atoms with Crippen molar-refractivity contribution >= 4 is 34.8 Å². The number of nitrogens with one attached hydrogen (secondary N) is 1. The number of carbonyl (C=O) groups excluding carboxylic acids is 1. The molecule has 1 amide bonds. The molecule has 2 heterocycles. The summed E-state index contributed by atoms with van der Waals surface area (Å²) in [6, 6.07) is 17.6. The van der Waals surface area contributed by atoms with E-state index in [0.717, 1.165) is 11.3 Å². The summed E-state index contributed by atoms with van der Waals surface area (Å²) in [6.07, 6.45) is 0. The molecule has 0 saturated carbocycles. The maximum Gasteiger partial charge on any atom is 0.336 e. The molecule has 3 aromatic carbocycles. The van der Waals surface area contributed by atoms with Gasteiger partial charge in [-0.1, -0.05) is 23.2 Å². The van der Waals surface area contributed by atoms with Crippen LogP contribution in [-0.4, -0.2) is 34.6 Å². The van der Waals surface area contributed by atoms with E-state index in [-0.39, 0.29) is 18.7 Å². The van der Waals surface area contributed by atoms with Crippen LogP contribution < -0.4 is 19.5 Å². The maximum atomic E-state index is 12.6. The Morgan fingerprint density at radius 2 is 1.73 bits per heavy atom. The average molecular weight is 483 g/mol. The van der Waals surface area contributed by atoms with Crippen LogP contribution in [0.25, 0.3) is 17.1 Å². The number of rotatable bonds is 5. The van der Waals surface area contributed by atoms with E-state index in [1.807, 2.05) is 30.3 Å². The van der Waals surface area contributed by atoms with Crippen LogP contribution in [0, 0.1) is 0 Å². The Morgan fingerprint density at radius 3 is 2.45 bits per heavy atom. The van der Waals surface area contributed by atoms with Gasteiger partial charge < -0.3 is 19.5 Å². The maximum absolute atomic E-state index is 12.6. The number of carbonyl (C=O) groups is 1. The van der Waals surface area contributed by atoms with E-state index in [0.29, 0.717) is 38.6 Å². The predicted octanol–water partition coefficient (Wildman–Crippen LogP) is 5.23. The van der Waals surface area contributed by atoms with Gasteiger partial charge in [0.05, 0.1) is 12.8 Å². The number of fused-ring (bicyclic) bond motifs is 1. The third kappa shape index (κ3) is 4.30. The van der Waals surface area contributed by atoms with Gasteiger partial charge in [0.25, 0.3) is 5.91 Å². The summed E-state index contributed by atoms with van der Waals surface area (Å²) in [6.45, 7) is 0.184. The molecule has 1 N–H and O–H groups in total. The van der Waals surface area contributed by atoms with E-state index < -0.39 is 0 Å². The molecule has 166 valence electrons. The van der Waals surface area contributed by atoms with Gasteiger partial charge in [0.1, 0.15) is 0 Å². The van der Waals surface area contributed by atoms with Gasteiger partial charge in [-0.05, 0) is 60.7 Å². The highest BCUT2D eigenvalue weighted by atomic mass is 35.5. The highest BCUT2D eigenvalue weighted by Gasteiger charge is 2.19. The number of amides is 1. The lowest BCUT2D eigenvalue weighted by molar-refractivity contribution is 0.102. The fourth-order valence-corrected chi connectivity index (χ4v) is 3.88. The molecule has 0 unspecified atom stereocenters. The van der Waals surface area contributed by atoms with E-state index in [1.165, 1.54) is 7.11 Å². The van der Waals surface area contributed by atoms with Gasteiger partial charge in [0.15, 0.2) is 17.3 Å². The smallest absolute Gasteiger partial charge is 0.336 e. The number of aromatic nitrogens is 3. The number of nitrogens with zero attached hydrogens (tertiary/aromatic N) is 3. The Balaban J connectivity index is 1.42. The molecule has 0 aliphatic carbocycles. The van der Waals surface area contributed by atoms with Gasteiger partial charge in [-0.15, -0.1) is 5.10 Å². The average Bonchev–Trinajstić information content (AvgIpc) is 3.45. The van der Waals surface area contributed by atoms with Crippen LogP contribution in [0.3, 0.4) is 0 Å². The first-order valence-corrected chi connectivity index (χ1v) is 10.5. The monoisotopic (exact) mass is 482 g/mol. The van der Waals surface area contributed by atoms with E-state index in [2.05, 4.69) is 15.4 Å². The summed E-state index contributed by atoms with van der Waals surface area (Å²) in [7, 11) is 1.50. The van der Waals surface area contributed by atoms with Gasteiger partial charge in [0, 0.05) is 26.9 Å². The Hall–Kier alpha value is -3.75.